The van der Waals surface area contributed by atoms with Gasteiger partial charge in [0.25, 0.3) is 5.91 Å². The van der Waals surface area contributed by atoms with Gasteiger partial charge in [-0.3, -0.25) is 4.79 Å². The van der Waals surface area contributed by atoms with Gasteiger partial charge in [0.05, 0.1) is 0 Å². The molecular formula is C26H25NO7. The Morgan fingerprint density at radius 3 is 2.26 bits per heavy atom. The lowest BCUT2D eigenvalue weighted by molar-refractivity contribution is -0.149. The molecule has 34 heavy (non-hydrogen) atoms. The topological polar surface area (TPSA) is 136 Å². The Balaban J connectivity index is 1.78. The number of rotatable bonds is 8. The molecule has 0 aliphatic carbocycles. The second-order valence-corrected chi connectivity index (χ2v) is 7.58. The number of ether oxygens (including phenoxy) is 1. The SMILES string of the molecule is CCc1cccc(NC(=O)C(Cc2ccc(O)c(O)c2)OC(=O)/C=C/c2ccc(O)c(O)c2)c1. The van der Waals surface area contributed by atoms with Crippen LogP contribution < -0.4 is 5.32 Å². The van der Waals surface area contributed by atoms with Crippen LogP contribution in [0.5, 0.6) is 23.0 Å². The number of nitrogens with one attached hydrogen (secondary N) is 1. The molecule has 5 N–H and O–H groups in total. The molecule has 0 fully saturated rings. The van der Waals surface area contributed by atoms with Crippen LogP contribution in [0.3, 0.4) is 0 Å². The third kappa shape index (κ3) is 6.52. The molecular weight excluding hydrogens is 438 g/mol. The summed E-state index contributed by atoms with van der Waals surface area (Å²) >= 11 is 0. The number of phenolic OH excluding ortho intramolecular Hbond substituents is 4. The molecule has 1 atom stereocenters. The zero-order valence-corrected chi connectivity index (χ0v) is 18.4. The van der Waals surface area contributed by atoms with Gasteiger partial charge in [-0.2, -0.15) is 0 Å². The van der Waals surface area contributed by atoms with Crippen LogP contribution in [0.1, 0.15) is 23.6 Å². The van der Waals surface area contributed by atoms with Gasteiger partial charge in [0.2, 0.25) is 0 Å². The van der Waals surface area contributed by atoms with E-state index in [0.717, 1.165) is 18.1 Å². The number of hydrogen-bond acceptors (Lipinski definition) is 7. The highest BCUT2D eigenvalue weighted by Crippen LogP contribution is 2.27. The first-order chi connectivity index (χ1) is 16.2. The minimum absolute atomic E-state index is 0.0489. The van der Waals surface area contributed by atoms with Crippen LogP contribution in [-0.2, 0) is 27.2 Å². The zero-order valence-electron chi connectivity index (χ0n) is 18.4. The Hall–Kier alpha value is -4.46. The monoisotopic (exact) mass is 463 g/mol. The van der Waals surface area contributed by atoms with Crippen molar-refractivity contribution in [2.75, 3.05) is 5.32 Å². The van der Waals surface area contributed by atoms with Crippen LogP contribution in [0.4, 0.5) is 5.69 Å². The number of aromatic hydroxyl groups is 4. The fourth-order valence-electron chi connectivity index (χ4n) is 3.18. The molecule has 1 amide bonds. The summed E-state index contributed by atoms with van der Waals surface area (Å²) in [6, 6.07) is 15.4. The van der Waals surface area contributed by atoms with Gasteiger partial charge in [-0.25, -0.2) is 4.79 Å². The van der Waals surface area contributed by atoms with Crippen LogP contribution in [0.2, 0.25) is 0 Å². The molecule has 1 unspecified atom stereocenters. The lowest BCUT2D eigenvalue weighted by Crippen LogP contribution is -2.34. The van der Waals surface area contributed by atoms with Gasteiger partial charge in [-0.15, -0.1) is 0 Å². The van der Waals surface area contributed by atoms with Gasteiger partial charge >= 0.3 is 5.97 Å². The number of carbonyl (C=O) groups excluding carboxylic acids is 2. The van der Waals surface area contributed by atoms with E-state index < -0.39 is 18.0 Å². The predicted octanol–water partition coefficient (Wildman–Crippen LogP) is 3.88. The zero-order chi connectivity index (χ0) is 24.7. The summed E-state index contributed by atoms with van der Waals surface area (Å²) in [5, 5.41) is 41.0. The van der Waals surface area contributed by atoms with E-state index in [9.17, 15) is 30.0 Å². The Morgan fingerprint density at radius 2 is 1.59 bits per heavy atom. The van der Waals surface area contributed by atoms with Gasteiger partial charge in [0, 0.05) is 18.2 Å². The molecule has 0 radical (unpaired) electrons. The number of amides is 1. The van der Waals surface area contributed by atoms with E-state index in [-0.39, 0.29) is 29.4 Å². The molecule has 0 saturated carbocycles. The van der Waals surface area contributed by atoms with Crippen molar-refractivity contribution in [3.05, 3.63) is 83.4 Å². The lowest BCUT2D eigenvalue weighted by atomic mass is 10.1. The Bertz CT molecular complexity index is 1220. The third-order valence-electron chi connectivity index (χ3n) is 5.03. The molecule has 0 heterocycles. The fourth-order valence-corrected chi connectivity index (χ4v) is 3.18. The first-order valence-corrected chi connectivity index (χ1v) is 10.6. The number of benzene rings is 3. The van der Waals surface area contributed by atoms with E-state index in [1.165, 1.54) is 42.5 Å². The molecule has 3 aromatic carbocycles. The summed E-state index contributed by atoms with van der Waals surface area (Å²) < 4.78 is 5.40. The van der Waals surface area contributed by atoms with Crippen molar-refractivity contribution in [1.29, 1.82) is 0 Å². The molecule has 3 rings (SSSR count). The van der Waals surface area contributed by atoms with Crippen LogP contribution >= 0.6 is 0 Å². The molecule has 176 valence electrons. The average Bonchev–Trinajstić information content (AvgIpc) is 2.82. The molecule has 8 nitrogen and oxygen atoms in total. The third-order valence-corrected chi connectivity index (χ3v) is 5.03. The number of phenols is 4. The smallest absolute Gasteiger partial charge is 0.331 e. The van der Waals surface area contributed by atoms with Crippen molar-refractivity contribution in [3.63, 3.8) is 0 Å². The highest BCUT2D eigenvalue weighted by atomic mass is 16.5. The van der Waals surface area contributed by atoms with Gasteiger partial charge < -0.3 is 30.5 Å². The number of hydrogen-bond donors (Lipinski definition) is 5. The molecule has 8 heteroatoms. The van der Waals surface area contributed by atoms with E-state index in [1.807, 2.05) is 25.1 Å². The fraction of sp³-hybridized carbons (Fsp3) is 0.154. The van der Waals surface area contributed by atoms with E-state index in [4.69, 9.17) is 4.74 Å². The molecule has 0 aliphatic rings. The summed E-state index contributed by atoms with van der Waals surface area (Å²) in [4.78, 5) is 25.4. The minimum Gasteiger partial charge on any atom is -0.504 e. The molecule has 0 aliphatic heterocycles. The van der Waals surface area contributed by atoms with Crippen LogP contribution in [0, 0.1) is 0 Å². The number of anilines is 1. The largest absolute Gasteiger partial charge is 0.504 e. The maximum absolute atomic E-state index is 13.0. The molecule has 3 aromatic rings. The Labute approximate surface area is 196 Å². The maximum Gasteiger partial charge on any atom is 0.331 e. The van der Waals surface area contributed by atoms with Gasteiger partial charge in [0.15, 0.2) is 29.1 Å². The van der Waals surface area contributed by atoms with E-state index in [2.05, 4.69) is 5.32 Å². The van der Waals surface area contributed by atoms with Gasteiger partial charge in [-0.1, -0.05) is 31.2 Å². The second-order valence-electron chi connectivity index (χ2n) is 7.58. The minimum atomic E-state index is -1.24. The summed E-state index contributed by atoms with van der Waals surface area (Å²) in [6.07, 6.45) is 1.96. The summed E-state index contributed by atoms with van der Waals surface area (Å²) in [5.41, 5.74) is 2.48. The molecule has 0 aromatic heterocycles. The molecule has 0 bridgehead atoms. The van der Waals surface area contributed by atoms with Crippen LogP contribution in [0.15, 0.2) is 66.7 Å². The number of aryl methyl sites for hydroxylation is 1. The summed E-state index contributed by atoms with van der Waals surface area (Å²) in [7, 11) is 0. The number of carbonyl (C=O) groups is 2. The Morgan fingerprint density at radius 1 is 0.882 bits per heavy atom. The van der Waals surface area contributed by atoms with Crippen LogP contribution in [0.25, 0.3) is 6.08 Å². The van der Waals surface area contributed by atoms with Crippen molar-refractivity contribution >= 4 is 23.6 Å². The molecule has 0 saturated heterocycles. The van der Waals surface area contributed by atoms with Crippen molar-refractivity contribution in [2.24, 2.45) is 0 Å². The van der Waals surface area contributed by atoms with E-state index in [1.54, 1.807) is 6.07 Å². The standard InChI is InChI=1S/C26H25NO7/c1-2-16-4-3-5-19(12-16)27-26(33)24(15-18-7-10-21(29)23(31)14-18)34-25(32)11-8-17-6-9-20(28)22(30)13-17/h3-14,24,28-31H,2,15H2,1H3,(H,27,33)/b11-8+. The van der Waals surface area contributed by atoms with E-state index >= 15 is 0 Å². The molecule has 0 spiro atoms. The van der Waals surface area contributed by atoms with Crippen molar-refractivity contribution < 1.29 is 34.8 Å². The number of esters is 1. The summed E-state index contributed by atoms with van der Waals surface area (Å²) in [5.74, 6) is -2.67. The predicted molar refractivity (Wildman–Crippen MR) is 127 cm³/mol. The highest BCUT2D eigenvalue weighted by molar-refractivity contribution is 5.97. The summed E-state index contributed by atoms with van der Waals surface area (Å²) in [6.45, 7) is 1.99. The quantitative estimate of drug-likeness (QED) is 0.194. The maximum atomic E-state index is 13.0. The lowest BCUT2D eigenvalue weighted by Gasteiger charge is -2.18. The van der Waals surface area contributed by atoms with Crippen LogP contribution in [-0.4, -0.2) is 38.4 Å². The highest BCUT2D eigenvalue weighted by Gasteiger charge is 2.23. The van der Waals surface area contributed by atoms with Crippen molar-refractivity contribution in [1.82, 2.24) is 0 Å². The second kappa shape index (κ2) is 10.9. The Kier molecular flexibility index (Phi) is 7.76. The van der Waals surface area contributed by atoms with Crippen molar-refractivity contribution in [3.8, 4) is 23.0 Å². The van der Waals surface area contributed by atoms with Gasteiger partial charge in [0.1, 0.15) is 0 Å². The average molecular weight is 463 g/mol. The normalized spacial score (nSPS) is 11.8. The van der Waals surface area contributed by atoms with E-state index in [0.29, 0.717) is 16.8 Å². The van der Waals surface area contributed by atoms with Gasteiger partial charge in [-0.05, 0) is 65.6 Å². The van der Waals surface area contributed by atoms with Crippen molar-refractivity contribution in [2.45, 2.75) is 25.9 Å². The first kappa shape index (κ1) is 24.2. The first-order valence-electron chi connectivity index (χ1n) is 10.6.